The summed E-state index contributed by atoms with van der Waals surface area (Å²) in [4.78, 5) is 0. The minimum absolute atomic E-state index is 0.0689. The van der Waals surface area contributed by atoms with E-state index in [4.69, 9.17) is 16.3 Å². The summed E-state index contributed by atoms with van der Waals surface area (Å²) in [6, 6.07) is 5.86. The Morgan fingerprint density at radius 1 is 1.32 bits per heavy atom. The molecule has 0 radical (unpaired) electrons. The molecule has 0 aromatic heterocycles. The standard InChI is InChI=1S/C16H24ClNO/c1-12(2)9-10-19-15-13(7-6-8-14(15)17)11-18-16(3,4)5/h6-9,18H,10-11H2,1-5H3. The second-order valence-electron chi connectivity index (χ2n) is 5.92. The number of hydrogen-bond donors (Lipinski definition) is 1. The van der Waals surface area contributed by atoms with Gasteiger partial charge in [-0.1, -0.05) is 29.3 Å². The molecular weight excluding hydrogens is 258 g/mol. The molecule has 1 aromatic carbocycles. The Morgan fingerprint density at radius 2 is 2.00 bits per heavy atom. The van der Waals surface area contributed by atoms with E-state index in [2.05, 4.69) is 39.9 Å². The normalized spacial score (nSPS) is 11.3. The van der Waals surface area contributed by atoms with Gasteiger partial charge in [0.2, 0.25) is 0 Å². The summed E-state index contributed by atoms with van der Waals surface area (Å²) in [5.74, 6) is 0.776. The van der Waals surface area contributed by atoms with Crippen LogP contribution in [-0.4, -0.2) is 12.1 Å². The Morgan fingerprint density at radius 3 is 2.58 bits per heavy atom. The quantitative estimate of drug-likeness (QED) is 0.798. The molecule has 0 unspecified atom stereocenters. The van der Waals surface area contributed by atoms with Crippen molar-refractivity contribution >= 4 is 11.6 Å². The number of benzene rings is 1. The lowest BCUT2D eigenvalue weighted by Crippen LogP contribution is -2.35. The number of rotatable bonds is 5. The van der Waals surface area contributed by atoms with Crippen molar-refractivity contribution in [3.05, 3.63) is 40.4 Å². The molecular formula is C16H24ClNO. The Hall–Kier alpha value is -0.990. The van der Waals surface area contributed by atoms with Gasteiger partial charge in [-0.15, -0.1) is 0 Å². The highest BCUT2D eigenvalue weighted by Crippen LogP contribution is 2.29. The van der Waals surface area contributed by atoms with Crippen LogP contribution in [0, 0.1) is 0 Å². The third kappa shape index (κ3) is 6.13. The second-order valence-corrected chi connectivity index (χ2v) is 6.33. The smallest absolute Gasteiger partial charge is 0.142 e. The zero-order valence-electron chi connectivity index (χ0n) is 12.5. The average molecular weight is 282 g/mol. The van der Waals surface area contributed by atoms with Gasteiger partial charge in [0.1, 0.15) is 12.4 Å². The largest absolute Gasteiger partial charge is 0.488 e. The van der Waals surface area contributed by atoms with Gasteiger partial charge < -0.3 is 10.1 Å². The molecule has 0 amide bonds. The minimum atomic E-state index is 0.0689. The molecule has 0 saturated heterocycles. The van der Waals surface area contributed by atoms with Crippen LogP contribution in [0.25, 0.3) is 0 Å². The van der Waals surface area contributed by atoms with E-state index < -0.39 is 0 Å². The van der Waals surface area contributed by atoms with Crippen LogP contribution in [0.4, 0.5) is 0 Å². The predicted octanol–water partition coefficient (Wildman–Crippen LogP) is 4.57. The maximum atomic E-state index is 6.22. The number of ether oxygens (including phenoxy) is 1. The van der Waals surface area contributed by atoms with Gasteiger partial charge in [-0.05, 0) is 46.8 Å². The van der Waals surface area contributed by atoms with Crippen LogP contribution in [0.15, 0.2) is 29.8 Å². The molecule has 2 nitrogen and oxygen atoms in total. The van der Waals surface area contributed by atoms with Crippen LogP contribution >= 0.6 is 11.6 Å². The minimum Gasteiger partial charge on any atom is -0.488 e. The zero-order valence-corrected chi connectivity index (χ0v) is 13.3. The van der Waals surface area contributed by atoms with Crippen LogP contribution < -0.4 is 10.1 Å². The van der Waals surface area contributed by atoms with Crippen molar-refractivity contribution in [3.8, 4) is 5.75 Å². The van der Waals surface area contributed by atoms with Crippen LogP contribution in [0.2, 0.25) is 5.02 Å². The molecule has 0 bridgehead atoms. The maximum absolute atomic E-state index is 6.22. The van der Waals surface area contributed by atoms with Crippen molar-refractivity contribution < 1.29 is 4.74 Å². The first kappa shape index (κ1) is 16.1. The Labute approximate surface area is 121 Å². The first-order chi connectivity index (χ1) is 8.79. The average Bonchev–Trinajstić information content (AvgIpc) is 2.27. The molecule has 3 heteroatoms. The van der Waals surface area contributed by atoms with E-state index in [1.54, 1.807) is 0 Å². The third-order valence-corrected chi connectivity index (χ3v) is 2.87. The Kier molecular flexibility index (Phi) is 5.89. The molecule has 106 valence electrons. The summed E-state index contributed by atoms with van der Waals surface area (Å²) in [6.07, 6.45) is 2.05. The number of halogens is 1. The molecule has 0 saturated carbocycles. The monoisotopic (exact) mass is 281 g/mol. The number of nitrogens with one attached hydrogen (secondary N) is 1. The SMILES string of the molecule is CC(C)=CCOc1c(Cl)cccc1CNC(C)(C)C. The lowest BCUT2D eigenvalue weighted by molar-refractivity contribution is 0.352. The first-order valence-corrected chi connectivity index (χ1v) is 6.96. The zero-order chi connectivity index (χ0) is 14.5. The molecule has 0 aliphatic heterocycles. The van der Waals surface area contributed by atoms with E-state index in [0.717, 1.165) is 17.9 Å². The highest BCUT2D eigenvalue weighted by atomic mass is 35.5. The number of allylic oxidation sites excluding steroid dienone is 1. The summed E-state index contributed by atoms with van der Waals surface area (Å²) in [6.45, 7) is 11.8. The van der Waals surface area contributed by atoms with Gasteiger partial charge in [0.25, 0.3) is 0 Å². The van der Waals surface area contributed by atoms with Crippen molar-refractivity contribution in [2.75, 3.05) is 6.61 Å². The molecule has 0 aliphatic carbocycles. The van der Waals surface area contributed by atoms with Gasteiger partial charge in [0.05, 0.1) is 5.02 Å². The van der Waals surface area contributed by atoms with E-state index in [9.17, 15) is 0 Å². The molecule has 1 aromatic rings. The molecule has 0 fully saturated rings. The Balaban J connectivity index is 2.80. The van der Waals surface area contributed by atoms with Crippen LogP contribution in [0.1, 0.15) is 40.2 Å². The van der Waals surface area contributed by atoms with E-state index in [-0.39, 0.29) is 5.54 Å². The molecule has 1 rings (SSSR count). The summed E-state index contributed by atoms with van der Waals surface area (Å²) < 4.78 is 5.80. The Bertz CT molecular complexity index is 443. The summed E-state index contributed by atoms with van der Waals surface area (Å²) in [5, 5.41) is 4.11. The van der Waals surface area contributed by atoms with Gasteiger partial charge >= 0.3 is 0 Å². The number of hydrogen-bond acceptors (Lipinski definition) is 2. The van der Waals surface area contributed by atoms with Crippen molar-refractivity contribution in [2.45, 2.75) is 46.7 Å². The van der Waals surface area contributed by atoms with Crippen molar-refractivity contribution in [2.24, 2.45) is 0 Å². The third-order valence-electron chi connectivity index (χ3n) is 2.58. The van der Waals surface area contributed by atoms with E-state index in [1.165, 1.54) is 5.57 Å². The van der Waals surface area contributed by atoms with Crippen LogP contribution in [-0.2, 0) is 6.54 Å². The lowest BCUT2D eigenvalue weighted by atomic mass is 10.1. The predicted molar refractivity (Wildman–Crippen MR) is 83.0 cm³/mol. The topological polar surface area (TPSA) is 21.3 Å². The first-order valence-electron chi connectivity index (χ1n) is 6.58. The molecule has 0 spiro atoms. The fourth-order valence-corrected chi connectivity index (χ4v) is 1.76. The summed E-state index contributed by atoms with van der Waals surface area (Å²) in [5.41, 5.74) is 2.39. The highest BCUT2D eigenvalue weighted by Gasteiger charge is 2.12. The van der Waals surface area contributed by atoms with Gasteiger partial charge in [-0.2, -0.15) is 0 Å². The molecule has 0 aliphatic rings. The van der Waals surface area contributed by atoms with Crippen LogP contribution in [0.5, 0.6) is 5.75 Å². The number of para-hydroxylation sites is 1. The van der Waals surface area contributed by atoms with E-state index in [0.29, 0.717) is 11.6 Å². The highest BCUT2D eigenvalue weighted by molar-refractivity contribution is 6.32. The summed E-state index contributed by atoms with van der Waals surface area (Å²) >= 11 is 6.22. The molecule has 0 heterocycles. The van der Waals surface area contributed by atoms with Crippen molar-refractivity contribution in [1.82, 2.24) is 5.32 Å². The molecule has 0 atom stereocenters. The van der Waals surface area contributed by atoms with Gasteiger partial charge in [-0.25, -0.2) is 0 Å². The van der Waals surface area contributed by atoms with Crippen LogP contribution in [0.3, 0.4) is 0 Å². The van der Waals surface area contributed by atoms with Crippen molar-refractivity contribution in [1.29, 1.82) is 0 Å². The van der Waals surface area contributed by atoms with Gasteiger partial charge in [0, 0.05) is 17.6 Å². The van der Waals surface area contributed by atoms with Gasteiger partial charge in [0.15, 0.2) is 0 Å². The summed E-state index contributed by atoms with van der Waals surface area (Å²) in [7, 11) is 0. The van der Waals surface area contributed by atoms with E-state index >= 15 is 0 Å². The fourth-order valence-electron chi connectivity index (χ4n) is 1.51. The molecule has 19 heavy (non-hydrogen) atoms. The van der Waals surface area contributed by atoms with Gasteiger partial charge in [-0.3, -0.25) is 0 Å². The second kappa shape index (κ2) is 6.97. The fraction of sp³-hybridized carbons (Fsp3) is 0.500. The molecule has 1 N–H and O–H groups in total. The van der Waals surface area contributed by atoms with E-state index in [1.807, 2.05) is 24.3 Å². The maximum Gasteiger partial charge on any atom is 0.142 e. The van der Waals surface area contributed by atoms with Crippen molar-refractivity contribution in [3.63, 3.8) is 0 Å². The lowest BCUT2D eigenvalue weighted by Gasteiger charge is -2.22.